The third kappa shape index (κ3) is 4.61. The summed E-state index contributed by atoms with van der Waals surface area (Å²) in [7, 11) is 1.60. The van der Waals surface area contributed by atoms with Crippen molar-refractivity contribution in [2.75, 3.05) is 32.1 Å². The van der Waals surface area contributed by atoms with Crippen LogP contribution in [0.3, 0.4) is 0 Å². The van der Waals surface area contributed by atoms with Crippen molar-refractivity contribution in [2.24, 2.45) is 0 Å². The SMILES string of the molecule is COc1cc(NC(=O)OC(C)(C)C)ccc1C1CNCCO1. The lowest BCUT2D eigenvalue weighted by molar-refractivity contribution is 0.0263. The molecule has 0 bridgehead atoms. The summed E-state index contributed by atoms with van der Waals surface area (Å²) in [4.78, 5) is 11.8. The molecule has 6 nitrogen and oxygen atoms in total. The maximum atomic E-state index is 11.8. The minimum atomic E-state index is -0.532. The Balaban J connectivity index is 2.09. The lowest BCUT2D eigenvalue weighted by atomic mass is 10.1. The van der Waals surface area contributed by atoms with Gasteiger partial charge in [0.05, 0.1) is 19.8 Å². The summed E-state index contributed by atoms with van der Waals surface area (Å²) < 4.78 is 16.4. The number of ether oxygens (including phenoxy) is 3. The van der Waals surface area contributed by atoms with E-state index in [4.69, 9.17) is 14.2 Å². The van der Waals surface area contributed by atoms with Gasteiger partial charge >= 0.3 is 6.09 Å². The predicted octanol–water partition coefficient (Wildman–Crippen LogP) is 2.70. The third-order valence-electron chi connectivity index (χ3n) is 3.15. The van der Waals surface area contributed by atoms with Gasteiger partial charge in [0.2, 0.25) is 0 Å². The number of amides is 1. The maximum absolute atomic E-state index is 11.8. The summed E-state index contributed by atoms with van der Waals surface area (Å²) in [6.07, 6.45) is -0.530. The van der Waals surface area contributed by atoms with Crippen molar-refractivity contribution in [3.63, 3.8) is 0 Å². The highest BCUT2D eigenvalue weighted by atomic mass is 16.6. The number of hydrogen-bond donors (Lipinski definition) is 2. The van der Waals surface area contributed by atoms with Gasteiger partial charge in [0.1, 0.15) is 11.4 Å². The zero-order valence-corrected chi connectivity index (χ0v) is 13.6. The van der Waals surface area contributed by atoms with Crippen molar-refractivity contribution in [3.8, 4) is 5.75 Å². The van der Waals surface area contributed by atoms with E-state index in [0.717, 1.165) is 18.7 Å². The Morgan fingerprint density at radius 3 is 2.77 bits per heavy atom. The number of benzene rings is 1. The third-order valence-corrected chi connectivity index (χ3v) is 3.15. The number of carbonyl (C=O) groups is 1. The first-order chi connectivity index (χ1) is 10.4. The zero-order valence-electron chi connectivity index (χ0n) is 13.6. The second-order valence-electron chi connectivity index (χ2n) is 6.15. The van der Waals surface area contributed by atoms with Crippen molar-refractivity contribution in [1.29, 1.82) is 0 Å². The van der Waals surface area contributed by atoms with Crippen LogP contribution in [0.5, 0.6) is 5.75 Å². The van der Waals surface area contributed by atoms with E-state index in [1.165, 1.54) is 0 Å². The lowest BCUT2D eigenvalue weighted by Crippen LogP contribution is -2.33. The minimum absolute atomic E-state index is 0.0423. The van der Waals surface area contributed by atoms with Gasteiger partial charge in [-0.25, -0.2) is 4.79 Å². The molecule has 1 aromatic rings. The van der Waals surface area contributed by atoms with Crippen LogP contribution < -0.4 is 15.4 Å². The fraction of sp³-hybridized carbons (Fsp3) is 0.562. The molecule has 1 aliphatic heterocycles. The molecule has 1 atom stereocenters. The maximum Gasteiger partial charge on any atom is 0.412 e. The first kappa shape index (κ1) is 16.6. The van der Waals surface area contributed by atoms with E-state index in [9.17, 15) is 4.79 Å². The molecule has 1 heterocycles. The summed E-state index contributed by atoms with van der Waals surface area (Å²) in [5.74, 6) is 0.683. The van der Waals surface area contributed by atoms with Gasteiger partial charge in [0.25, 0.3) is 0 Å². The van der Waals surface area contributed by atoms with Gasteiger partial charge in [-0.2, -0.15) is 0 Å². The fourth-order valence-electron chi connectivity index (χ4n) is 2.24. The molecule has 2 N–H and O–H groups in total. The average Bonchev–Trinajstić information content (AvgIpc) is 2.46. The molecule has 0 radical (unpaired) electrons. The Bertz CT molecular complexity index is 519. The average molecular weight is 308 g/mol. The van der Waals surface area contributed by atoms with E-state index < -0.39 is 11.7 Å². The molecule has 6 heteroatoms. The van der Waals surface area contributed by atoms with Crippen molar-refractivity contribution in [2.45, 2.75) is 32.5 Å². The Labute approximate surface area is 131 Å². The molecule has 22 heavy (non-hydrogen) atoms. The van der Waals surface area contributed by atoms with E-state index in [0.29, 0.717) is 18.0 Å². The summed E-state index contributed by atoms with van der Waals surface area (Å²) in [6, 6.07) is 5.50. The molecule has 1 aromatic carbocycles. The van der Waals surface area contributed by atoms with Gasteiger partial charge in [0, 0.05) is 30.4 Å². The van der Waals surface area contributed by atoms with Crippen LogP contribution in [0.2, 0.25) is 0 Å². The molecule has 1 aliphatic rings. The molecule has 1 fully saturated rings. The number of anilines is 1. The van der Waals surface area contributed by atoms with E-state index in [1.54, 1.807) is 13.2 Å². The molecule has 0 spiro atoms. The molecule has 1 amide bonds. The predicted molar refractivity (Wildman–Crippen MR) is 84.4 cm³/mol. The van der Waals surface area contributed by atoms with Crippen LogP contribution in [0.1, 0.15) is 32.4 Å². The first-order valence-corrected chi connectivity index (χ1v) is 7.39. The fourth-order valence-corrected chi connectivity index (χ4v) is 2.24. The largest absolute Gasteiger partial charge is 0.496 e. The van der Waals surface area contributed by atoms with E-state index in [2.05, 4.69) is 10.6 Å². The standard InChI is InChI=1S/C16H24N2O4/c1-16(2,3)22-15(19)18-11-5-6-12(13(9-11)20-4)14-10-17-7-8-21-14/h5-6,9,14,17H,7-8,10H2,1-4H3,(H,18,19). The number of hydrogen-bond acceptors (Lipinski definition) is 5. The molecule has 0 aliphatic carbocycles. The van der Waals surface area contributed by atoms with Gasteiger partial charge in [-0.15, -0.1) is 0 Å². The summed E-state index contributed by atoms with van der Waals surface area (Å²) in [5, 5.41) is 5.99. The van der Waals surface area contributed by atoms with Crippen LogP contribution in [0.4, 0.5) is 10.5 Å². The molecule has 1 saturated heterocycles. The highest BCUT2D eigenvalue weighted by Gasteiger charge is 2.21. The van der Waals surface area contributed by atoms with Gasteiger partial charge in [0.15, 0.2) is 0 Å². The molecular weight excluding hydrogens is 284 g/mol. The number of carbonyl (C=O) groups excluding carboxylic acids is 1. The summed E-state index contributed by atoms with van der Waals surface area (Å²) in [6.45, 7) is 7.75. The molecule has 1 unspecified atom stereocenters. The first-order valence-electron chi connectivity index (χ1n) is 7.39. The second kappa shape index (κ2) is 6.98. The molecule has 0 saturated carbocycles. The molecular formula is C16H24N2O4. The van der Waals surface area contributed by atoms with Crippen molar-refractivity contribution >= 4 is 11.8 Å². The monoisotopic (exact) mass is 308 g/mol. The van der Waals surface area contributed by atoms with Crippen molar-refractivity contribution in [3.05, 3.63) is 23.8 Å². The van der Waals surface area contributed by atoms with Crippen LogP contribution in [-0.2, 0) is 9.47 Å². The number of rotatable bonds is 3. The lowest BCUT2D eigenvalue weighted by Gasteiger charge is -2.25. The molecule has 122 valence electrons. The Morgan fingerprint density at radius 1 is 1.41 bits per heavy atom. The molecule has 2 rings (SSSR count). The van der Waals surface area contributed by atoms with Crippen LogP contribution in [-0.4, -0.2) is 38.5 Å². The van der Waals surface area contributed by atoms with Crippen LogP contribution in [0.25, 0.3) is 0 Å². The van der Waals surface area contributed by atoms with Gasteiger partial charge in [-0.3, -0.25) is 5.32 Å². The van der Waals surface area contributed by atoms with Gasteiger partial charge in [-0.05, 0) is 26.8 Å². The number of morpholine rings is 1. The topological polar surface area (TPSA) is 68.8 Å². The van der Waals surface area contributed by atoms with Gasteiger partial charge in [-0.1, -0.05) is 6.07 Å². The van der Waals surface area contributed by atoms with Crippen LogP contribution in [0, 0.1) is 0 Å². The Morgan fingerprint density at radius 2 is 2.18 bits per heavy atom. The van der Waals surface area contributed by atoms with Crippen molar-refractivity contribution in [1.82, 2.24) is 5.32 Å². The van der Waals surface area contributed by atoms with E-state index in [-0.39, 0.29) is 6.10 Å². The van der Waals surface area contributed by atoms with Crippen LogP contribution in [0.15, 0.2) is 18.2 Å². The van der Waals surface area contributed by atoms with E-state index in [1.807, 2.05) is 32.9 Å². The quantitative estimate of drug-likeness (QED) is 0.898. The Kier molecular flexibility index (Phi) is 5.26. The normalized spacial score (nSPS) is 18.6. The minimum Gasteiger partial charge on any atom is -0.496 e. The smallest absolute Gasteiger partial charge is 0.412 e. The summed E-state index contributed by atoms with van der Waals surface area (Å²) in [5.41, 5.74) is 1.05. The summed E-state index contributed by atoms with van der Waals surface area (Å²) >= 11 is 0. The van der Waals surface area contributed by atoms with Gasteiger partial charge < -0.3 is 19.5 Å². The van der Waals surface area contributed by atoms with Crippen molar-refractivity contribution < 1.29 is 19.0 Å². The van der Waals surface area contributed by atoms with Crippen LogP contribution >= 0.6 is 0 Å². The number of methoxy groups -OCH3 is 1. The van der Waals surface area contributed by atoms with E-state index >= 15 is 0 Å². The molecule has 0 aromatic heterocycles. The highest BCUT2D eigenvalue weighted by Crippen LogP contribution is 2.31. The Hall–Kier alpha value is -1.79. The zero-order chi connectivity index (χ0) is 16.2. The number of nitrogens with one attached hydrogen (secondary N) is 2. The highest BCUT2D eigenvalue weighted by molar-refractivity contribution is 5.85. The second-order valence-corrected chi connectivity index (χ2v) is 6.15.